The Morgan fingerprint density at radius 3 is 2.84 bits per heavy atom. The lowest BCUT2D eigenvalue weighted by Gasteiger charge is -2.15. The van der Waals surface area contributed by atoms with Crippen molar-refractivity contribution in [1.82, 2.24) is 19.2 Å². The van der Waals surface area contributed by atoms with Gasteiger partial charge < -0.3 is 9.72 Å². The molecule has 5 heteroatoms. The zero-order chi connectivity index (χ0) is 21.1. The van der Waals surface area contributed by atoms with Gasteiger partial charge in [-0.05, 0) is 78.1 Å². The third-order valence-corrected chi connectivity index (χ3v) is 7.04. The van der Waals surface area contributed by atoms with Gasteiger partial charge in [0.1, 0.15) is 5.65 Å². The van der Waals surface area contributed by atoms with Crippen molar-refractivity contribution in [1.29, 1.82) is 0 Å². The van der Waals surface area contributed by atoms with Crippen LogP contribution in [0.3, 0.4) is 0 Å². The first kappa shape index (κ1) is 18.7. The molecule has 0 saturated heterocycles. The molecule has 6 rings (SSSR count). The SMILES string of the molecule is Cc1cc2c(c(C)c1Cc1cnn(Cc3cn4cc(C5CC5)ccc4n3)c1)C(C)CN2. The fourth-order valence-electron chi connectivity index (χ4n) is 5.21. The second-order valence-corrected chi connectivity index (χ2v) is 9.50. The molecule has 1 N–H and O–H groups in total. The molecule has 4 aromatic rings. The third-order valence-electron chi connectivity index (χ3n) is 7.04. The molecule has 0 radical (unpaired) electrons. The molecule has 2 aliphatic rings. The molecule has 1 aliphatic carbocycles. The lowest BCUT2D eigenvalue weighted by Crippen LogP contribution is -2.01. The van der Waals surface area contributed by atoms with Gasteiger partial charge in [-0.1, -0.05) is 13.0 Å². The maximum atomic E-state index is 4.79. The predicted octanol–water partition coefficient (Wildman–Crippen LogP) is 5.19. The summed E-state index contributed by atoms with van der Waals surface area (Å²) in [6.45, 7) is 8.55. The van der Waals surface area contributed by atoms with Crippen LogP contribution in [0.1, 0.15) is 70.7 Å². The van der Waals surface area contributed by atoms with Gasteiger partial charge >= 0.3 is 0 Å². The van der Waals surface area contributed by atoms with Gasteiger partial charge in [0.25, 0.3) is 0 Å². The van der Waals surface area contributed by atoms with Gasteiger partial charge in [-0.3, -0.25) is 4.68 Å². The number of imidazole rings is 1. The lowest BCUT2D eigenvalue weighted by atomic mass is 9.89. The molecule has 0 bridgehead atoms. The summed E-state index contributed by atoms with van der Waals surface area (Å²) in [5.74, 6) is 1.33. The first-order valence-corrected chi connectivity index (χ1v) is 11.4. The highest BCUT2D eigenvalue weighted by molar-refractivity contribution is 5.65. The van der Waals surface area contributed by atoms with E-state index in [2.05, 4.69) is 72.4 Å². The molecule has 0 spiro atoms. The highest BCUT2D eigenvalue weighted by Gasteiger charge is 2.24. The fraction of sp³-hybridized carbons (Fsp3) is 0.385. The summed E-state index contributed by atoms with van der Waals surface area (Å²) < 4.78 is 4.18. The van der Waals surface area contributed by atoms with Crippen LogP contribution < -0.4 is 5.32 Å². The standard InChI is InChI=1S/C26H29N5/c1-16-8-24-26(17(2)10-27-24)18(3)23(16)9-19-11-28-31(12-19)15-22-14-30-13-21(20-4-5-20)6-7-25(30)29-22/h6-8,11-14,17,20,27H,4-5,9-10,15H2,1-3H3. The van der Waals surface area contributed by atoms with E-state index in [1.165, 1.54) is 51.9 Å². The number of fused-ring (bicyclic) bond motifs is 2. The number of nitrogens with zero attached hydrogens (tertiary/aromatic N) is 4. The van der Waals surface area contributed by atoms with E-state index in [1.54, 1.807) is 0 Å². The topological polar surface area (TPSA) is 47.2 Å². The third kappa shape index (κ3) is 3.32. The maximum absolute atomic E-state index is 4.79. The van der Waals surface area contributed by atoms with Crippen LogP contribution in [0.4, 0.5) is 5.69 Å². The normalized spacial score (nSPS) is 17.8. The van der Waals surface area contributed by atoms with E-state index >= 15 is 0 Å². The Morgan fingerprint density at radius 2 is 2.00 bits per heavy atom. The van der Waals surface area contributed by atoms with E-state index in [0.29, 0.717) is 12.5 Å². The van der Waals surface area contributed by atoms with Crippen LogP contribution in [-0.4, -0.2) is 25.7 Å². The van der Waals surface area contributed by atoms with Crippen molar-refractivity contribution >= 4 is 11.3 Å². The number of aromatic nitrogens is 4. The molecular formula is C26H29N5. The summed E-state index contributed by atoms with van der Waals surface area (Å²) in [5, 5.41) is 8.19. The van der Waals surface area contributed by atoms with E-state index in [-0.39, 0.29) is 0 Å². The molecule has 1 aliphatic heterocycles. The average Bonchev–Trinajstić information content (AvgIpc) is 3.21. The van der Waals surface area contributed by atoms with Crippen molar-refractivity contribution in [3.8, 4) is 0 Å². The quantitative estimate of drug-likeness (QED) is 0.491. The molecular weight excluding hydrogens is 382 g/mol. The molecule has 5 nitrogen and oxygen atoms in total. The molecule has 1 saturated carbocycles. The Bertz CT molecular complexity index is 1290. The van der Waals surface area contributed by atoms with Crippen molar-refractivity contribution in [3.05, 3.63) is 82.1 Å². The average molecular weight is 412 g/mol. The zero-order valence-electron chi connectivity index (χ0n) is 18.5. The van der Waals surface area contributed by atoms with Crippen LogP contribution in [0, 0.1) is 13.8 Å². The molecule has 1 fully saturated rings. The molecule has 1 unspecified atom stereocenters. The summed E-state index contributed by atoms with van der Waals surface area (Å²) in [5.41, 5.74) is 11.8. The summed E-state index contributed by atoms with van der Waals surface area (Å²) in [6, 6.07) is 6.69. The number of aryl methyl sites for hydroxylation is 1. The van der Waals surface area contributed by atoms with Crippen molar-refractivity contribution in [3.63, 3.8) is 0 Å². The first-order valence-electron chi connectivity index (χ1n) is 11.4. The highest BCUT2D eigenvalue weighted by Crippen LogP contribution is 2.40. The Hall–Kier alpha value is -3.08. The van der Waals surface area contributed by atoms with Crippen LogP contribution in [0.15, 0.2) is 43.0 Å². The molecule has 1 atom stereocenters. The van der Waals surface area contributed by atoms with Gasteiger partial charge in [-0.2, -0.15) is 5.10 Å². The molecule has 0 amide bonds. The zero-order valence-corrected chi connectivity index (χ0v) is 18.5. The summed E-state index contributed by atoms with van der Waals surface area (Å²) in [4.78, 5) is 4.79. The smallest absolute Gasteiger partial charge is 0.137 e. The number of nitrogens with one attached hydrogen (secondary N) is 1. The molecule has 158 valence electrons. The minimum Gasteiger partial charge on any atom is -0.384 e. The predicted molar refractivity (Wildman–Crippen MR) is 124 cm³/mol. The van der Waals surface area contributed by atoms with Crippen LogP contribution >= 0.6 is 0 Å². The minimum atomic E-state index is 0.576. The Labute approximate surface area is 183 Å². The largest absolute Gasteiger partial charge is 0.384 e. The highest BCUT2D eigenvalue weighted by atomic mass is 15.3. The fourth-order valence-corrected chi connectivity index (χ4v) is 5.21. The second-order valence-electron chi connectivity index (χ2n) is 9.50. The number of benzene rings is 1. The van der Waals surface area contributed by atoms with E-state index < -0.39 is 0 Å². The van der Waals surface area contributed by atoms with Crippen molar-refractivity contribution < 1.29 is 0 Å². The Morgan fingerprint density at radius 1 is 1.13 bits per heavy atom. The van der Waals surface area contributed by atoms with Crippen molar-refractivity contribution in [2.24, 2.45) is 0 Å². The van der Waals surface area contributed by atoms with Crippen LogP contribution in [-0.2, 0) is 13.0 Å². The Kier molecular flexibility index (Phi) is 4.20. The van der Waals surface area contributed by atoms with E-state index in [4.69, 9.17) is 4.98 Å². The van der Waals surface area contributed by atoms with Gasteiger partial charge in [0.2, 0.25) is 0 Å². The summed E-state index contributed by atoms with van der Waals surface area (Å²) >= 11 is 0. The van der Waals surface area contributed by atoms with E-state index in [9.17, 15) is 0 Å². The van der Waals surface area contributed by atoms with Gasteiger partial charge in [-0.25, -0.2) is 4.98 Å². The first-order chi connectivity index (χ1) is 15.0. The van der Waals surface area contributed by atoms with E-state index in [0.717, 1.165) is 30.2 Å². The number of anilines is 1. The summed E-state index contributed by atoms with van der Waals surface area (Å²) in [7, 11) is 0. The number of hydrogen-bond acceptors (Lipinski definition) is 3. The van der Waals surface area contributed by atoms with Gasteiger partial charge in [0, 0.05) is 43.2 Å². The minimum absolute atomic E-state index is 0.576. The monoisotopic (exact) mass is 411 g/mol. The van der Waals surface area contributed by atoms with Gasteiger partial charge in [0.05, 0.1) is 18.4 Å². The maximum Gasteiger partial charge on any atom is 0.137 e. The number of hydrogen-bond donors (Lipinski definition) is 1. The lowest BCUT2D eigenvalue weighted by molar-refractivity contribution is 0.675. The number of rotatable bonds is 5. The van der Waals surface area contributed by atoms with Gasteiger partial charge in [0.15, 0.2) is 0 Å². The molecule has 1 aromatic carbocycles. The van der Waals surface area contributed by atoms with Crippen molar-refractivity contribution in [2.75, 3.05) is 11.9 Å². The Balaban J connectivity index is 1.23. The molecule has 3 aromatic heterocycles. The van der Waals surface area contributed by atoms with Gasteiger partial charge in [-0.15, -0.1) is 0 Å². The van der Waals surface area contributed by atoms with Crippen LogP contribution in [0.5, 0.6) is 0 Å². The van der Waals surface area contributed by atoms with E-state index in [1.807, 2.05) is 10.9 Å². The molecule has 31 heavy (non-hydrogen) atoms. The number of pyridine rings is 1. The summed E-state index contributed by atoms with van der Waals surface area (Å²) in [6.07, 6.45) is 12.1. The van der Waals surface area contributed by atoms with Crippen LogP contribution in [0.25, 0.3) is 5.65 Å². The second kappa shape index (κ2) is 6.98. The van der Waals surface area contributed by atoms with Crippen molar-refractivity contribution in [2.45, 2.75) is 58.4 Å². The van der Waals surface area contributed by atoms with Crippen LogP contribution in [0.2, 0.25) is 0 Å². The molecule has 4 heterocycles.